The van der Waals surface area contributed by atoms with Crippen molar-refractivity contribution in [2.45, 2.75) is 12.3 Å². The number of amides is 1. The van der Waals surface area contributed by atoms with Gasteiger partial charge < -0.3 is 15.4 Å². The van der Waals surface area contributed by atoms with Crippen LogP contribution in [0.1, 0.15) is 22.8 Å². The quantitative estimate of drug-likeness (QED) is 0.852. The molecule has 22 heavy (non-hydrogen) atoms. The fourth-order valence-electron chi connectivity index (χ4n) is 2.44. The molecule has 0 radical (unpaired) electrons. The molecule has 2 N–H and O–H groups in total. The van der Waals surface area contributed by atoms with E-state index in [0.29, 0.717) is 18.0 Å². The lowest BCUT2D eigenvalue weighted by molar-refractivity contribution is -0.116. The smallest absolute Gasteiger partial charge is 0.226 e. The van der Waals surface area contributed by atoms with Crippen LogP contribution < -0.4 is 15.4 Å². The number of terminal acetylenes is 1. The molecule has 2 heterocycles. The monoisotopic (exact) mass is 313 g/mol. The summed E-state index contributed by atoms with van der Waals surface area (Å²) in [5, 5.41) is 6.63. The Morgan fingerprint density at radius 3 is 3.23 bits per heavy atom. The number of rotatable bonds is 4. The molecule has 0 saturated heterocycles. The maximum Gasteiger partial charge on any atom is 0.226 e. The third-order valence-corrected chi connectivity index (χ3v) is 4.60. The second-order valence-corrected chi connectivity index (χ2v) is 5.88. The van der Waals surface area contributed by atoms with Crippen LogP contribution in [0.5, 0.6) is 5.75 Å². The predicted octanol–water partition coefficient (Wildman–Crippen LogP) is 2.67. The second-order valence-electron chi connectivity index (χ2n) is 4.85. The lowest BCUT2D eigenvalue weighted by Crippen LogP contribution is -2.22. The standard InChI is InChI=1S/C16H15N3O2S/c1-3-7-21-11-6-4-5-10(8-11)12-9-13(20)18-15-14(12)22-16(17-2)19-15/h1,4-6,8,12H,7,9H2,2H3,(H,17,19)(H,18,20)/t12-/m1/s1. The molecule has 1 amide bonds. The summed E-state index contributed by atoms with van der Waals surface area (Å²) in [5.74, 6) is 3.76. The predicted molar refractivity (Wildman–Crippen MR) is 87.5 cm³/mol. The van der Waals surface area contributed by atoms with Gasteiger partial charge in [-0.2, -0.15) is 0 Å². The zero-order valence-electron chi connectivity index (χ0n) is 12.1. The first kappa shape index (κ1) is 14.4. The lowest BCUT2D eigenvalue weighted by atomic mass is 9.91. The third-order valence-electron chi connectivity index (χ3n) is 3.41. The Kier molecular flexibility index (Phi) is 3.98. The summed E-state index contributed by atoms with van der Waals surface area (Å²) in [6.07, 6.45) is 5.61. The number of hydrogen-bond acceptors (Lipinski definition) is 5. The molecule has 2 aromatic rings. The van der Waals surface area contributed by atoms with Gasteiger partial charge in [-0.05, 0) is 17.7 Å². The summed E-state index contributed by atoms with van der Waals surface area (Å²) >= 11 is 1.55. The van der Waals surface area contributed by atoms with Gasteiger partial charge in [-0.25, -0.2) is 4.98 Å². The fourth-order valence-corrected chi connectivity index (χ4v) is 3.44. The maximum absolute atomic E-state index is 11.9. The Hall–Kier alpha value is -2.52. The molecule has 5 nitrogen and oxygen atoms in total. The van der Waals surface area contributed by atoms with E-state index in [1.54, 1.807) is 11.3 Å². The van der Waals surface area contributed by atoms with Crippen molar-refractivity contribution < 1.29 is 9.53 Å². The van der Waals surface area contributed by atoms with Crippen LogP contribution in [0.2, 0.25) is 0 Å². The van der Waals surface area contributed by atoms with E-state index in [1.165, 1.54) is 0 Å². The highest BCUT2D eigenvalue weighted by molar-refractivity contribution is 7.16. The zero-order chi connectivity index (χ0) is 15.5. The number of benzene rings is 1. The first-order valence-electron chi connectivity index (χ1n) is 6.86. The fraction of sp³-hybridized carbons (Fsp3) is 0.250. The van der Waals surface area contributed by atoms with E-state index in [-0.39, 0.29) is 18.4 Å². The Labute approximate surface area is 132 Å². The molecule has 1 aromatic carbocycles. The Balaban J connectivity index is 1.96. The van der Waals surface area contributed by atoms with Crippen LogP contribution >= 0.6 is 11.3 Å². The Morgan fingerprint density at radius 2 is 2.45 bits per heavy atom. The molecule has 6 heteroatoms. The van der Waals surface area contributed by atoms with Crippen molar-refractivity contribution in [3.8, 4) is 18.1 Å². The van der Waals surface area contributed by atoms with Crippen molar-refractivity contribution in [1.29, 1.82) is 0 Å². The van der Waals surface area contributed by atoms with Crippen LogP contribution in [0.15, 0.2) is 24.3 Å². The number of thiazole rings is 1. The van der Waals surface area contributed by atoms with Gasteiger partial charge in [-0.1, -0.05) is 29.4 Å². The molecule has 1 aromatic heterocycles. The Morgan fingerprint density at radius 1 is 1.59 bits per heavy atom. The van der Waals surface area contributed by atoms with E-state index < -0.39 is 0 Å². The van der Waals surface area contributed by atoms with E-state index in [4.69, 9.17) is 11.2 Å². The zero-order valence-corrected chi connectivity index (χ0v) is 12.9. The van der Waals surface area contributed by atoms with Crippen molar-refractivity contribution in [2.75, 3.05) is 24.3 Å². The van der Waals surface area contributed by atoms with Crippen LogP contribution in [0.25, 0.3) is 0 Å². The molecular formula is C16H15N3O2S. The molecule has 1 atom stereocenters. The van der Waals surface area contributed by atoms with Crippen LogP contribution in [-0.2, 0) is 4.79 Å². The van der Waals surface area contributed by atoms with E-state index in [1.807, 2.05) is 31.3 Å². The molecule has 0 unspecified atom stereocenters. The van der Waals surface area contributed by atoms with Gasteiger partial charge in [0.25, 0.3) is 0 Å². The molecule has 0 aliphatic carbocycles. The van der Waals surface area contributed by atoms with Gasteiger partial charge in [0, 0.05) is 19.4 Å². The highest BCUT2D eigenvalue weighted by Crippen LogP contribution is 2.42. The minimum Gasteiger partial charge on any atom is -0.481 e. The van der Waals surface area contributed by atoms with Gasteiger partial charge in [0.1, 0.15) is 18.2 Å². The van der Waals surface area contributed by atoms with Crippen molar-refractivity contribution in [3.05, 3.63) is 34.7 Å². The average Bonchev–Trinajstić information content (AvgIpc) is 2.95. The minimum absolute atomic E-state index is 0.0160. The number of aromatic nitrogens is 1. The van der Waals surface area contributed by atoms with Crippen LogP contribution in [0, 0.1) is 12.3 Å². The van der Waals surface area contributed by atoms with Crippen molar-refractivity contribution in [1.82, 2.24) is 4.98 Å². The maximum atomic E-state index is 11.9. The van der Waals surface area contributed by atoms with Gasteiger partial charge in [0.15, 0.2) is 5.13 Å². The van der Waals surface area contributed by atoms with Crippen molar-refractivity contribution in [2.24, 2.45) is 0 Å². The van der Waals surface area contributed by atoms with E-state index >= 15 is 0 Å². The van der Waals surface area contributed by atoms with Gasteiger partial charge in [0.2, 0.25) is 5.91 Å². The number of carbonyl (C=O) groups is 1. The topological polar surface area (TPSA) is 63.2 Å². The van der Waals surface area contributed by atoms with Crippen LogP contribution in [0.3, 0.4) is 0 Å². The van der Waals surface area contributed by atoms with Gasteiger partial charge in [-0.15, -0.1) is 6.42 Å². The van der Waals surface area contributed by atoms with Crippen molar-refractivity contribution in [3.63, 3.8) is 0 Å². The molecule has 1 aliphatic heterocycles. The number of anilines is 2. The first-order chi connectivity index (χ1) is 10.7. The molecule has 3 rings (SSSR count). The number of carbonyl (C=O) groups excluding carboxylic acids is 1. The molecule has 0 fully saturated rings. The average molecular weight is 313 g/mol. The van der Waals surface area contributed by atoms with Gasteiger partial charge in [0.05, 0.1) is 4.88 Å². The normalized spacial score (nSPS) is 16.4. The number of nitrogens with zero attached hydrogens (tertiary/aromatic N) is 1. The third kappa shape index (κ3) is 2.76. The van der Waals surface area contributed by atoms with E-state index in [9.17, 15) is 4.79 Å². The largest absolute Gasteiger partial charge is 0.481 e. The Bertz CT molecular complexity index is 748. The molecule has 1 aliphatic rings. The van der Waals surface area contributed by atoms with Gasteiger partial charge in [-0.3, -0.25) is 4.79 Å². The molecule has 0 saturated carbocycles. The molecule has 112 valence electrons. The number of hydrogen-bond donors (Lipinski definition) is 2. The lowest BCUT2D eigenvalue weighted by Gasteiger charge is -2.22. The summed E-state index contributed by atoms with van der Waals surface area (Å²) in [5.41, 5.74) is 1.02. The first-order valence-corrected chi connectivity index (χ1v) is 7.67. The molecule has 0 spiro atoms. The summed E-state index contributed by atoms with van der Waals surface area (Å²) in [6.45, 7) is 0.227. The van der Waals surface area contributed by atoms with Gasteiger partial charge >= 0.3 is 0 Å². The number of fused-ring (bicyclic) bond motifs is 1. The van der Waals surface area contributed by atoms with E-state index in [2.05, 4.69) is 21.5 Å². The summed E-state index contributed by atoms with van der Waals surface area (Å²) < 4.78 is 5.47. The molecule has 0 bridgehead atoms. The summed E-state index contributed by atoms with van der Waals surface area (Å²) in [4.78, 5) is 17.4. The van der Waals surface area contributed by atoms with Crippen LogP contribution in [0.4, 0.5) is 10.9 Å². The SMILES string of the molecule is C#CCOc1cccc([C@H]2CC(=O)Nc3nc(NC)sc32)c1. The summed E-state index contributed by atoms with van der Waals surface area (Å²) in [6, 6.07) is 7.70. The second kappa shape index (κ2) is 6.08. The number of ether oxygens (including phenoxy) is 1. The molecular weight excluding hydrogens is 298 g/mol. The van der Waals surface area contributed by atoms with E-state index in [0.717, 1.165) is 15.6 Å². The van der Waals surface area contributed by atoms with Crippen molar-refractivity contribution >= 4 is 28.2 Å². The minimum atomic E-state index is -0.0274. The summed E-state index contributed by atoms with van der Waals surface area (Å²) in [7, 11) is 1.81. The number of nitrogens with one attached hydrogen (secondary N) is 2. The highest BCUT2D eigenvalue weighted by atomic mass is 32.1. The van der Waals surface area contributed by atoms with Crippen LogP contribution in [-0.4, -0.2) is 24.5 Å². The highest BCUT2D eigenvalue weighted by Gasteiger charge is 2.30.